The van der Waals surface area contributed by atoms with Crippen LogP contribution in [0, 0.1) is 0 Å². The summed E-state index contributed by atoms with van der Waals surface area (Å²) in [7, 11) is 0. The zero-order chi connectivity index (χ0) is 17.5. The van der Waals surface area contributed by atoms with Crippen molar-refractivity contribution in [1.29, 1.82) is 0 Å². The molecule has 25 heavy (non-hydrogen) atoms. The van der Waals surface area contributed by atoms with Crippen LogP contribution in [-0.4, -0.2) is 58.0 Å². The molecule has 0 aliphatic carbocycles. The van der Waals surface area contributed by atoms with E-state index in [0.717, 1.165) is 25.1 Å². The minimum atomic E-state index is -0.0557. The summed E-state index contributed by atoms with van der Waals surface area (Å²) >= 11 is 0. The number of aliphatic hydroxyl groups excluding tert-OH is 1. The van der Waals surface area contributed by atoms with Crippen molar-refractivity contribution in [2.75, 3.05) is 26.2 Å². The molecule has 0 spiro atoms. The van der Waals surface area contributed by atoms with E-state index in [-0.39, 0.29) is 18.6 Å². The van der Waals surface area contributed by atoms with Crippen LogP contribution in [0.25, 0.3) is 0 Å². The Morgan fingerprint density at radius 2 is 2.24 bits per heavy atom. The topological polar surface area (TPSA) is 70.4 Å². The van der Waals surface area contributed by atoms with E-state index in [1.807, 2.05) is 41.2 Å². The lowest BCUT2D eigenvalue weighted by molar-refractivity contribution is 0.0849. The number of nitrogens with one attached hydrogen (secondary N) is 1. The van der Waals surface area contributed by atoms with Crippen molar-refractivity contribution in [1.82, 2.24) is 20.0 Å². The maximum absolute atomic E-state index is 12.4. The van der Waals surface area contributed by atoms with E-state index >= 15 is 0 Å². The second-order valence-electron chi connectivity index (χ2n) is 6.53. The summed E-state index contributed by atoms with van der Waals surface area (Å²) in [5.74, 6) is -0.0557. The van der Waals surface area contributed by atoms with Gasteiger partial charge in [0.25, 0.3) is 5.91 Å². The third-order valence-electron chi connectivity index (χ3n) is 4.74. The second-order valence-corrected chi connectivity index (χ2v) is 6.53. The molecule has 2 aromatic rings. The minimum absolute atomic E-state index is 0.0557. The maximum Gasteiger partial charge on any atom is 0.251 e. The van der Waals surface area contributed by atoms with Gasteiger partial charge in [-0.3, -0.25) is 14.4 Å². The summed E-state index contributed by atoms with van der Waals surface area (Å²) in [5.41, 5.74) is 1.72. The van der Waals surface area contributed by atoms with E-state index in [2.05, 4.69) is 15.3 Å². The minimum Gasteiger partial charge on any atom is -0.395 e. The zero-order valence-corrected chi connectivity index (χ0v) is 14.5. The molecule has 2 N–H and O–H groups in total. The molecule has 0 saturated carbocycles. The summed E-state index contributed by atoms with van der Waals surface area (Å²) in [4.78, 5) is 14.7. The van der Waals surface area contributed by atoms with E-state index in [9.17, 15) is 9.90 Å². The number of likely N-dealkylation sites (tertiary alicyclic amines) is 1. The Bertz CT molecular complexity index is 672. The van der Waals surface area contributed by atoms with Gasteiger partial charge in [0, 0.05) is 37.1 Å². The van der Waals surface area contributed by atoms with Crippen LogP contribution in [0.1, 0.15) is 35.2 Å². The number of aliphatic hydroxyl groups is 1. The number of hydrogen-bond donors (Lipinski definition) is 2. The van der Waals surface area contributed by atoms with Crippen molar-refractivity contribution in [3.63, 3.8) is 0 Å². The number of piperidine rings is 1. The van der Waals surface area contributed by atoms with Crippen LogP contribution in [0.4, 0.5) is 0 Å². The predicted octanol–water partition coefficient (Wildman–Crippen LogP) is 1.51. The van der Waals surface area contributed by atoms with E-state index in [1.54, 1.807) is 6.20 Å². The molecule has 134 valence electrons. The van der Waals surface area contributed by atoms with Gasteiger partial charge in [-0.25, -0.2) is 0 Å². The Hall–Kier alpha value is -2.18. The van der Waals surface area contributed by atoms with E-state index in [0.29, 0.717) is 18.7 Å². The van der Waals surface area contributed by atoms with Gasteiger partial charge in [0.1, 0.15) is 0 Å². The van der Waals surface area contributed by atoms with E-state index in [4.69, 9.17) is 0 Å². The third-order valence-corrected chi connectivity index (χ3v) is 4.74. The smallest absolute Gasteiger partial charge is 0.251 e. The summed E-state index contributed by atoms with van der Waals surface area (Å²) in [6.45, 7) is 3.23. The van der Waals surface area contributed by atoms with Gasteiger partial charge in [-0.05, 0) is 43.1 Å². The van der Waals surface area contributed by atoms with Crippen LogP contribution in [0.2, 0.25) is 0 Å². The predicted molar refractivity (Wildman–Crippen MR) is 96.4 cm³/mol. The highest BCUT2D eigenvalue weighted by Crippen LogP contribution is 2.15. The first-order chi connectivity index (χ1) is 12.3. The van der Waals surface area contributed by atoms with Crippen molar-refractivity contribution < 1.29 is 9.90 Å². The fourth-order valence-corrected chi connectivity index (χ4v) is 3.37. The molecule has 6 heteroatoms. The molecule has 1 atom stereocenters. The Labute approximate surface area is 148 Å². The van der Waals surface area contributed by atoms with E-state index in [1.165, 1.54) is 12.8 Å². The standard InChI is InChI=1S/C19H26N4O2/c24-15-18-7-1-2-10-22(18)12-9-20-19(25)17-6-3-5-16(13-17)14-23-11-4-8-21-23/h3-6,8,11,13,18,24H,1-2,7,9-10,12,14-15H2,(H,20,25)/t18-/m0/s1. The van der Waals surface area contributed by atoms with Crippen LogP contribution in [0.5, 0.6) is 0 Å². The van der Waals surface area contributed by atoms with Crippen molar-refractivity contribution in [3.05, 3.63) is 53.9 Å². The van der Waals surface area contributed by atoms with Gasteiger partial charge < -0.3 is 10.4 Å². The number of carbonyl (C=O) groups is 1. The van der Waals surface area contributed by atoms with Crippen LogP contribution in [-0.2, 0) is 6.54 Å². The molecule has 0 radical (unpaired) electrons. The highest BCUT2D eigenvalue weighted by Gasteiger charge is 2.21. The van der Waals surface area contributed by atoms with Crippen LogP contribution >= 0.6 is 0 Å². The first kappa shape index (κ1) is 17.6. The first-order valence-corrected chi connectivity index (χ1v) is 8.96. The lowest BCUT2D eigenvalue weighted by atomic mass is 10.0. The zero-order valence-electron chi connectivity index (χ0n) is 14.5. The molecule has 1 aliphatic heterocycles. The van der Waals surface area contributed by atoms with Crippen LogP contribution in [0.15, 0.2) is 42.7 Å². The number of benzene rings is 1. The lowest BCUT2D eigenvalue weighted by Crippen LogP contribution is -2.45. The van der Waals surface area contributed by atoms with Crippen molar-refractivity contribution >= 4 is 5.91 Å². The average molecular weight is 342 g/mol. The average Bonchev–Trinajstić information content (AvgIpc) is 3.15. The second kappa shape index (κ2) is 8.78. The lowest BCUT2D eigenvalue weighted by Gasteiger charge is -2.34. The summed E-state index contributed by atoms with van der Waals surface area (Å²) in [6.07, 6.45) is 7.04. The van der Waals surface area contributed by atoms with Gasteiger partial charge in [0.2, 0.25) is 0 Å². The Balaban J connectivity index is 1.51. The molecule has 1 aliphatic rings. The van der Waals surface area contributed by atoms with Crippen molar-refractivity contribution in [3.8, 4) is 0 Å². The summed E-state index contributed by atoms with van der Waals surface area (Å²) in [6, 6.07) is 9.77. The van der Waals surface area contributed by atoms with Gasteiger partial charge in [-0.15, -0.1) is 0 Å². The largest absolute Gasteiger partial charge is 0.395 e. The van der Waals surface area contributed by atoms with Crippen LogP contribution < -0.4 is 5.32 Å². The molecule has 1 aromatic carbocycles. The number of amides is 1. The summed E-state index contributed by atoms with van der Waals surface area (Å²) in [5, 5.41) is 16.6. The molecular formula is C19H26N4O2. The number of carbonyl (C=O) groups excluding carboxylic acids is 1. The SMILES string of the molecule is O=C(NCCN1CCCC[C@H]1CO)c1cccc(Cn2cccn2)c1. The maximum atomic E-state index is 12.4. The molecule has 0 unspecified atom stereocenters. The number of nitrogens with zero attached hydrogens (tertiary/aromatic N) is 3. The van der Waals surface area contributed by atoms with E-state index < -0.39 is 0 Å². The Morgan fingerprint density at radius 3 is 3.04 bits per heavy atom. The van der Waals surface area contributed by atoms with Crippen LogP contribution in [0.3, 0.4) is 0 Å². The third kappa shape index (κ3) is 4.90. The molecule has 0 bridgehead atoms. The van der Waals surface area contributed by atoms with Gasteiger partial charge in [-0.2, -0.15) is 5.10 Å². The molecule has 1 amide bonds. The molecule has 1 aromatic heterocycles. The first-order valence-electron chi connectivity index (χ1n) is 8.96. The fourth-order valence-electron chi connectivity index (χ4n) is 3.37. The fraction of sp³-hybridized carbons (Fsp3) is 0.474. The van der Waals surface area contributed by atoms with Gasteiger partial charge in [0.05, 0.1) is 13.2 Å². The molecule has 3 rings (SSSR count). The highest BCUT2D eigenvalue weighted by molar-refractivity contribution is 5.94. The monoisotopic (exact) mass is 342 g/mol. The van der Waals surface area contributed by atoms with Crippen molar-refractivity contribution in [2.45, 2.75) is 31.8 Å². The molecule has 1 saturated heterocycles. The Kier molecular flexibility index (Phi) is 6.19. The molecule has 1 fully saturated rings. The highest BCUT2D eigenvalue weighted by atomic mass is 16.3. The normalized spacial score (nSPS) is 18.2. The molecule has 6 nitrogen and oxygen atoms in total. The van der Waals surface area contributed by atoms with Gasteiger partial charge >= 0.3 is 0 Å². The Morgan fingerprint density at radius 1 is 1.32 bits per heavy atom. The molecular weight excluding hydrogens is 316 g/mol. The van der Waals surface area contributed by atoms with Gasteiger partial charge in [-0.1, -0.05) is 18.6 Å². The molecule has 2 heterocycles. The number of aromatic nitrogens is 2. The van der Waals surface area contributed by atoms with Gasteiger partial charge in [0.15, 0.2) is 0 Å². The quantitative estimate of drug-likeness (QED) is 0.800. The number of rotatable bonds is 7. The number of hydrogen-bond acceptors (Lipinski definition) is 4. The van der Waals surface area contributed by atoms with Crippen molar-refractivity contribution in [2.24, 2.45) is 0 Å². The summed E-state index contributed by atoms with van der Waals surface area (Å²) < 4.78 is 1.84.